The first-order chi connectivity index (χ1) is 8.56. The molecule has 0 spiro atoms. The lowest BCUT2D eigenvalue weighted by Crippen LogP contribution is -2.07. The fourth-order valence-corrected chi connectivity index (χ4v) is 2.66. The van der Waals surface area contributed by atoms with Crippen LogP contribution in [0.25, 0.3) is 0 Å². The van der Waals surface area contributed by atoms with Crippen LogP contribution in [0.1, 0.15) is 30.0 Å². The molecule has 0 radical (unpaired) electrons. The largest absolute Gasteiger partial charge is 0.491 e. The molecule has 96 valence electrons. The quantitative estimate of drug-likeness (QED) is 0.918. The van der Waals surface area contributed by atoms with E-state index in [0.717, 1.165) is 17.9 Å². The molecule has 0 saturated heterocycles. The van der Waals surface area contributed by atoms with E-state index in [1.54, 1.807) is 11.3 Å². The van der Waals surface area contributed by atoms with Crippen molar-refractivity contribution in [1.29, 1.82) is 0 Å². The molecule has 3 nitrogen and oxygen atoms in total. The highest BCUT2D eigenvalue weighted by atomic mass is 32.1. The maximum Gasteiger partial charge on any atom is 0.180 e. The lowest BCUT2D eigenvalue weighted by atomic mass is 10.1. The summed E-state index contributed by atoms with van der Waals surface area (Å²) >= 11 is 1.55. The Bertz CT molecular complexity index is 534. The molecule has 0 saturated carbocycles. The number of para-hydroxylation sites is 1. The number of ether oxygens (including phenoxy) is 1. The molecule has 0 amide bonds. The van der Waals surface area contributed by atoms with Crippen LogP contribution >= 0.6 is 11.3 Å². The van der Waals surface area contributed by atoms with Crippen LogP contribution in [0.15, 0.2) is 24.3 Å². The Hall–Kier alpha value is -1.55. The Kier molecular flexibility index (Phi) is 3.87. The molecule has 2 aromatic rings. The topological polar surface area (TPSA) is 48.1 Å². The zero-order valence-corrected chi connectivity index (χ0v) is 11.8. The van der Waals surface area contributed by atoms with Crippen molar-refractivity contribution in [2.24, 2.45) is 0 Å². The van der Waals surface area contributed by atoms with Gasteiger partial charge in [0.15, 0.2) is 5.13 Å². The van der Waals surface area contributed by atoms with Gasteiger partial charge in [0, 0.05) is 11.3 Å². The van der Waals surface area contributed by atoms with Crippen LogP contribution in [0.4, 0.5) is 5.13 Å². The van der Waals surface area contributed by atoms with Crippen LogP contribution in [0.2, 0.25) is 0 Å². The van der Waals surface area contributed by atoms with E-state index in [-0.39, 0.29) is 6.10 Å². The van der Waals surface area contributed by atoms with Crippen LogP contribution < -0.4 is 10.5 Å². The summed E-state index contributed by atoms with van der Waals surface area (Å²) in [5.41, 5.74) is 7.92. The summed E-state index contributed by atoms with van der Waals surface area (Å²) in [7, 11) is 0. The van der Waals surface area contributed by atoms with Gasteiger partial charge >= 0.3 is 0 Å². The van der Waals surface area contributed by atoms with E-state index >= 15 is 0 Å². The molecule has 0 aliphatic rings. The molecule has 18 heavy (non-hydrogen) atoms. The number of rotatable bonds is 4. The molecule has 0 aliphatic heterocycles. The van der Waals surface area contributed by atoms with E-state index in [0.29, 0.717) is 5.13 Å². The molecule has 1 aromatic heterocycles. The molecule has 1 heterocycles. The van der Waals surface area contributed by atoms with Gasteiger partial charge in [-0.3, -0.25) is 0 Å². The maximum atomic E-state index is 5.82. The number of benzene rings is 1. The Balaban J connectivity index is 2.26. The number of aromatic nitrogens is 1. The molecular formula is C14H18N2OS. The minimum atomic E-state index is 0.179. The van der Waals surface area contributed by atoms with E-state index in [1.807, 2.05) is 39.0 Å². The summed E-state index contributed by atoms with van der Waals surface area (Å²) in [5.74, 6) is 0.943. The Labute approximate surface area is 112 Å². The van der Waals surface area contributed by atoms with Gasteiger partial charge in [0.25, 0.3) is 0 Å². The standard InChI is InChI=1S/C14H18N2OS/c1-9(2)17-12-7-5-4-6-11(12)8-13-10(3)16-14(15)18-13/h4-7,9H,8H2,1-3H3,(H2,15,16). The van der Waals surface area contributed by atoms with Crippen molar-refractivity contribution in [3.8, 4) is 5.75 Å². The number of aryl methyl sites for hydroxylation is 1. The molecule has 0 fully saturated rings. The second-order valence-corrected chi connectivity index (χ2v) is 5.63. The predicted octanol–water partition coefficient (Wildman–Crippen LogP) is 3.41. The van der Waals surface area contributed by atoms with Crippen molar-refractivity contribution < 1.29 is 4.74 Å². The highest BCUT2D eigenvalue weighted by molar-refractivity contribution is 7.15. The number of nitrogens with zero attached hydrogens (tertiary/aromatic N) is 1. The number of nitrogens with two attached hydrogens (primary N) is 1. The second-order valence-electron chi connectivity index (χ2n) is 4.51. The van der Waals surface area contributed by atoms with Gasteiger partial charge in [-0.05, 0) is 32.4 Å². The third-order valence-corrected chi connectivity index (χ3v) is 3.58. The van der Waals surface area contributed by atoms with Crippen molar-refractivity contribution in [2.75, 3.05) is 5.73 Å². The monoisotopic (exact) mass is 262 g/mol. The van der Waals surface area contributed by atoms with Gasteiger partial charge in [-0.15, -0.1) is 11.3 Å². The number of hydrogen-bond donors (Lipinski definition) is 1. The Morgan fingerprint density at radius 1 is 1.33 bits per heavy atom. The summed E-state index contributed by atoms with van der Waals surface area (Å²) in [6.45, 7) is 6.06. The third-order valence-electron chi connectivity index (χ3n) is 2.60. The van der Waals surface area contributed by atoms with E-state index in [9.17, 15) is 0 Å². The van der Waals surface area contributed by atoms with Crippen LogP contribution in [0.5, 0.6) is 5.75 Å². The van der Waals surface area contributed by atoms with E-state index in [1.165, 1.54) is 10.4 Å². The molecule has 2 rings (SSSR count). The summed E-state index contributed by atoms with van der Waals surface area (Å²) in [4.78, 5) is 5.45. The first-order valence-corrected chi connectivity index (χ1v) is 6.84. The molecule has 0 bridgehead atoms. The van der Waals surface area contributed by atoms with Crippen LogP contribution in [0, 0.1) is 6.92 Å². The summed E-state index contributed by atoms with van der Waals surface area (Å²) in [6.07, 6.45) is 1.00. The van der Waals surface area contributed by atoms with Gasteiger partial charge in [-0.1, -0.05) is 18.2 Å². The smallest absolute Gasteiger partial charge is 0.180 e. The highest BCUT2D eigenvalue weighted by Gasteiger charge is 2.10. The van der Waals surface area contributed by atoms with Crippen molar-refractivity contribution in [3.63, 3.8) is 0 Å². The predicted molar refractivity (Wildman–Crippen MR) is 76.3 cm³/mol. The van der Waals surface area contributed by atoms with Gasteiger partial charge in [0.05, 0.1) is 11.8 Å². The lowest BCUT2D eigenvalue weighted by molar-refractivity contribution is 0.240. The minimum absolute atomic E-state index is 0.179. The third kappa shape index (κ3) is 3.01. The molecule has 2 N–H and O–H groups in total. The van der Waals surface area contributed by atoms with Crippen molar-refractivity contribution in [2.45, 2.75) is 33.3 Å². The summed E-state index contributed by atoms with van der Waals surface area (Å²) < 4.78 is 5.82. The lowest BCUT2D eigenvalue weighted by Gasteiger charge is -2.13. The second kappa shape index (κ2) is 5.40. The average Bonchev–Trinajstić information content (AvgIpc) is 2.59. The van der Waals surface area contributed by atoms with Gasteiger partial charge in [0.2, 0.25) is 0 Å². The van der Waals surface area contributed by atoms with Crippen LogP contribution in [-0.2, 0) is 6.42 Å². The number of thiazole rings is 1. The highest BCUT2D eigenvalue weighted by Crippen LogP contribution is 2.27. The molecule has 1 aromatic carbocycles. The molecular weight excluding hydrogens is 244 g/mol. The number of nitrogen functional groups attached to an aromatic ring is 1. The SMILES string of the molecule is Cc1nc(N)sc1Cc1ccccc1OC(C)C. The number of anilines is 1. The first kappa shape index (κ1) is 12.9. The van der Waals surface area contributed by atoms with Crippen LogP contribution in [0.3, 0.4) is 0 Å². The van der Waals surface area contributed by atoms with E-state index < -0.39 is 0 Å². The zero-order valence-electron chi connectivity index (χ0n) is 10.9. The van der Waals surface area contributed by atoms with Crippen molar-refractivity contribution in [3.05, 3.63) is 40.4 Å². The molecule has 0 unspecified atom stereocenters. The Morgan fingerprint density at radius 2 is 2.06 bits per heavy atom. The first-order valence-electron chi connectivity index (χ1n) is 6.02. The van der Waals surface area contributed by atoms with Gasteiger partial charge in [-0.2, -0.15) is 0 Å². The molecule has 4 heteroatoms. The molecule has 0 atom stereocenters. The summed E-state index contributed by atoms with van der Waals surface area (Å²) in [6, 6.07) is 8.12. The normalized spacial score (nSPS) is 10.9. The maximum absolute atomic E-state index is 5.82. The minimum Gasteiger partial charge on any atom is -0.491 e. The zero-order chi connectivity index (χ0) is 13.1. The molecule has 0 aliphatic carbocycles. The Morgan fingerprint density at radius 3 is 2.67 bits per heavy atom. The summed E-state index contributed by atoms with van der Waals surface area (Å²) in [5, 5.41) is 0.629. The van der Waals surface area contributed by atoms with Gasteiger partial charge < -0.3 is 10.5 Å². The van der Waals surface area contributed by atoms with E-state index in [2.05, 4.69) is 11.1 Å². The van der Waals surface area contributed by atoms with Crippen molar-refractivity contribution >= 4 is 16.5 Å². The van der Waals surface area contributed by atoms with E-state index in [4.69, 9.17) is 10.5 Å². The van der Waals surface area contributed by atoms with Gasteiger partial charge in [0.1, 0.15) is 5.75 Å². The average molecular weight is 262 g/mol. The van der Waals surface area contributed by atoms with Gasteiger partial charge in [-0.25, -0.2) is 4.98 Å². The van der Waals surface area contributed by atoms with Crippen molar-refractivity contribution in [1.82, 2.24) is 4.98 Å². The number of hydrogen-bond acceptors (Lipinski definition) is 4. The fourth-order valence-electron chi connectivity index (χ4n) is 1.81. The van der Waals surface area contributed by atoms with Crippen LogP contribution in [-0.4, -0.2) is 11.1 Å². The fraction of sp³-hybridized carbons (Fsp3) is 0.357.